The molecule has 0 spiro atoms. The van der Waals surface area contributed by atoms with Gasteiger partial charge in [0.2, 0.25) is 0 Å². The number of aryl methyl sites for hydroxylation is 1. The van der Waals surface area contributed by atoms with Gasteiger partial charge in [0.15, 0.2) is 0 Å². The van der Waals surface area contributed by atoms with Crippen LogP contribution in [0.1, 0.15) is 15.9 Å². The third-order valence-electron chi connectivity index (χ3n) is 4.70. The number of nitrogens with zero attached hydrogens (tertiary/aromatic N) is 5. The Labute approximate surface area is 161 Å². The molecule has 8 heteroatoms. The number of carbonyl (C=O) groups is 1. The first kappa shape index (κ1) is 17.7. The van der Waals surface area contributed by atoms with Crippen molar-refractivity contribution in [2.45, 2.75) is 13.5 Å². The molecule has 0 radical (unpaired) electrons. The molecule has 1 N–H and O–H groups in total. The normalized spacial score (nSPS) is 10.9. The van der Waals surface area contributed by atoms with Gasteiger partial charge in [-0.15, -0.1) is 5.10 Å². The second-order valence-electron chi connectivity index (χ2n) is 6.41. The van der Waals surface area contributed by atoms with Gasteiger partial charge < -0.3 is 14.6 Å². The second kappa shape index (κ2) is 7.51. The number of methoxy groups -OCH3 is 1. The van der Waals surface area contributed by atoms with E-state index in [1.807, 2.05) is 43.5 Å². The van der Waals surface area contributed by atoms with Crippen LogP contribution in [0.3, 0.4) is 0 Å². The van der Waals surface area contributed by atoms with Crippen LogP contribution in [0, 0.1) is 6.92 Å². The molecule has 1 amide bonds. The average molecular weight is 376 g/mol. The van der Waals surface area contributed by atoms with Crippen molar-refractivity contribution >= 4 is 16.8 Å². The largest absolute Gasteiger partial charge is 0.496 e. The predicted octanol–water partition coefficient (Wildman–Crippen LogP) is 2.36. The van der Waals surface area contributed by atoms with Crippen LogP contribution in [0.5, 0.6) is 5.75 Å². The van der Waals surface area contributed by atoms with Gasteiger partial charge in [0.05, 0.1) is 18.3 Å². The second-order valence-corrected chi connectivity index (χ2v) is 6.41. The lowest BCUT2D eigenvalue weighted by atomic mass is 10.1. The molecule has 142 valence electrons. The van der Waals surface area contributed by atoms with Crippen LogP contribution in [0.25, 0.3) is 16.6 Å². The maximum Gasteiger partial charge on any atom is 0.251 e. The van der Waals surface area contributed by atoms with Crippen molar-refractivity contribution in [3.8, 4) is 11.4 Å². The van der Waals surface area contributed by atoms with Crippen molar-refractivity contribution in [2.24, 2.45) is 0 Å². The summed E-state index contributed by atoms with van der Waals surface area (Å²) in [5, 5.41) is 15.2. The van der Waals surface area contributed by atoms with Gasteiger partial charge in [-0.1, -0.05) is 12.1 Å². The number of amides is 1. The molecule has 8 nitrogen and oxygen atoms in total. The van der Waals surface area contributed by atoms with Crippen LogP contribution in [0.4, 0.5) is 0 Å². The van der Waals surface area contributed by atoms with E-state index in [1.165, 1.54) is 6.33 Å². The molecule has 2 aromatic carbocycles. The van der Waals surface area contributed by atoms with Gasteiger partial charge in [0.1, 0.15) is 12.1 Å². The molecular formula is C20H20N6O2. The Morgan fingerprint density at radius 2 is 2.11 bits per heavy atom. The first-order chi connectivity index (χ1) is 13.7. The minimum atomic E-state index is -0.136. The van der Waals surface area contributed by atoms with Gasteiger partial charge in [0, 0.05) is 30.2 Å². The van der Waals surface area contributed by atoms with E-state index >= 15 is 0 Å². The molecule has 0 aliphatic heterocycles. The number of ether oxygens (including phenoxy) is 1. The van der Waals surface area contributed by atoms with Gasteiger partial charge in [-0.3, -0.25) is 4.79 Å². The quantitative estimate of drug-likeness (QED) is 0.558. The van der Waals surface area contributed by atoms with Crippen LogP contribution in [0.15, 0.2) is 55.0 Å². The number of rotatable bonds is 6. The molecule has 4 aromatic rings. The highest BCUT2D eigenvalue weighted by molar-refractivity contribution is 5.95. The minimum absolute atomic E-state index is 0.136. The number of tetrazole rings is 1. The van der Waals surface area contributed by atoms with Crippen molar-refractivity contribution < 1.29 is 9.53 Å². The molecule has 0 unspecified atom stereocenters. The van der Waals surface area contributed by atoms with E-state index in [2.05, 4.69) is 25.4 Å². The van der Waals surface area contributed by atoms with Gasteiger partial charge in [-0.05, 0) is 53.2 Å². The number of benzene rings is 2. The van der Waals surface area contributed by atoms with Gasteiger partial charge >= 0.3 is 0 Å². The van der Waals surface area contributed by atoms with E-state index in [1.54, 1.807) is 23.9 Å². The van der Waals surface area contributed by atoms with Gasteiger partial charge in [-0.2, -0.15) is 0 Å². The molecular weight excluding hydrogens is 356 g/mol. The SMILES string of the molecule is COc1cccc2c1ccn2CCNC(=O)c1ccc(C)c(-n2cnnn2)c1. The van der Waals surface area contributed by atoms with E-state index in [4.69, 9.17) is 4.74 Å². The van der Waals surface area contributed by atoms with Crippen LogP contribution >= 0.6 is 0 Å². The fourth-order valence-electron chi connectivity index (χ4n) is 3.23. The number of hydrogen-bond acceptors (Lipinski definition) is 5. The smallest absolute Gasteiger partial charge is 0.251 e. The summed E-state index contributed by atoms with van der Waals surface area (Å²) in [4.78, 5) is 12.6. The lowest BCUT2D eigenvalue weighted by Gasteiger charge is -2.10. The van der Waals surface area contributed by atoms with Crippen molar-refractivity contribution in [3.63, 3.8) is 0 Å². The Balaban J connectivity index is 1.45. The maximum atomic E-state index is 12.6. The molecule has 0 saturated heterocycles. The number of aromatic nitrogens is 5. The fraction of sp³-hybridized carbons (Fsp3) is 0.200. The number of nitrogens with one attached hydrogen (secondary N) is 1. The molecule has 0 atom stereocenters. The summed E-state index contributed by atoms with van der Waals surface area (Å²) < 4.78 is 9.04. The molecule has 0 fully saturated rings. The Kier molecular flexibility index (Phi) is 4.76. The van der Waals surface area contributed by atoms with E-state index in [-0.39, 0.29) is 5.91 Å². The standard InChI is InChI=1S/C20H20N6O2/c1-14-6-7-15(12-18(14)26-13-22-23-24-26)20(27)21-9-11-25-10-8-16-17(25)4-3-5-19(16)28-2/h3-8,10,12-13H,9,11H2,1-2H3,(H,21,27). The Morgan fingerprint density at radius 1 is 1.21 bits per heavy atom. The zero-order valence-electron chi connectivity index (χ0n) is 15.7. The Bertz CT molecular complexity index is 1120. The minimum Gasteiger partial charge on any atom is -0.496 e. The monoisotopic (exact) mass is 376 g/mol. The molecule has 2 aromatic heterocycles. The molecule has 0 aliphatic carbocycles. The Morgan fingerprint density at radius 3 is 2.89 bits per heavy atom. The molecule has 2 heterocycles. The summed E-state index contributed by atoms with van der Waals surface area (Å²) >= 11 is 0. The van der Waals surface area contributed by atoms with Crippen LogP contribution in [-0.2, 0) is 6.54 Å². The highest BCUT2D eigenvalue weighted by atomic mass is 16.5. The van der Waals surface area contributed by atoms with Crippen molar-refractivity contribution in [1.82, 2.24) is 30.1 Å². The summed E-state index contributed by atoms with van der Waals surface area (Å²) in [7, 11) is 1.66. The van der Waals surface area contributed by atoms with E-state index in [9.17, 15) is 4.79 Å². The predicted molar refractivity (Wildman–Crippen MR) is 105 cm³/mol. The topological polar surface area (TPSA) is 86.9 Å². The fourth-order valence-corrected chi connectivity index (χ4v) is 3.23. The summed E-state index contributed by atoms with van der Waals surface area (Å²) in [5.74, 6) is 0.707. The molecule has 0 bridgehead atoms. The summed E-state index contributed by atoms with van der Waals surface area (Å²) in [6, 6.07) is 13.4. The first-order valence-corrected chi connectivity index (χ1v) is 8.91. The highest BCUT2D eigenvalue weighted by Crippen LogP contribution is 2.26. The third-order valence-corrected chi connectivity index (χ3v) is 4.70. The van der Waals surface area contributed by atoms with E-state index in [0.717, 1.165) is 27.9 Å². The summed E-state index contributed by atoms with van der Waals surface area (Å²) in [6.07, 6.45) is 3.51. The van der Waals surface area contributed by atoms with Crippen molar-refractivity contribution in [3.05, 3.63) is 66.1 Å². The number of hydrogen-bond donors (Lipinski definition) is 1. The van der Waals surface area contributed by atoms with E-state index in [0.29, 0.717) is 18.7 Å². The van der Waals surface area contributed by atoms with Gasteiger partial charge in [0.25, 0.3) is 5.91 Å². The summed E-state index contributed by atoms with van der Waals surface area (Å²) in [5.41, 5.74) is 3.40. The number of carbonyl (C=O) groups excluding carboxylic acids is 1. The van der Waals surface area contributed by atoms with Crippen molar-refractivity contribution in [2.75, 3.05) is 13.7 Å². The van der Waals surface area contributed by atoms with Crippen LogP contribution < -0.4 is 10.1 Å². The highest BCUT2D eigenvalue weighted by Gasteiger charge is 2.11. The maximum absolute atomic E-state index is 12.6. The van der Waals surface area contributed by atoms with E-state index < -0.39 is 0 Å². The third kappa shape index (κ3) is 3.32. The molecule has 0 saturated carbocycles. The molecule has 0 aliphatic rings. The summed E-state index contributed by atoms with van der Waals surface area (Å²) in [6.45, 7) is 3.12. The lowest BCUT2D eigenvalue weighted by Crippen LogP contribution is -2.27. The van der Waals surface area contributed by atoms with Gasteiger partial charge in [-0.25, -0.2) is 4.68 Å². The lowest BCUT2D eigenvalue weighted by molar-refractivity contribution is 0.0952. The van der Waals surface area contributed by atoms with Crippen LogP contribution in [-0.4, -0.2) is 44.3 Å². The molecule has 28 heavy (non-hydrogen) atoms. The zero-order valence-corrected chi connectivity index (χ0v) is 15.7. The van der Waals surface area contributed by atoms with Crippen molar-refractivity contribution in [1.29, 1.82) is 0 Å². The average Bonchev–Trinajstić information content (AvgIpc) is 3.38. The zero-order chi connectivity index (χ0) is 19.5. The van der Waals surface area contributed by atoms with Crippen LogP contribution in [0.2, 0.25) is 0 Å². The number of fused-ring (bicyclic) bond motifs is 1. The Hall–Kier alpha value is -3.68. The molecule has 4 rings (SSSR count). The first-order valence-electron chi connectivity index (χ1n) is 8.91.